The highest BCUT2D eigenvalue weighted by Gasteiger charge is 2.32. The van der Waals surface area contributed by atoms with Crippen LogP contribution < -0.4 is 15.0 Å². The maximum atomic E-state index is 5.63. The van der Waals surface area contributed by atoms with Gasteiger partial charge < -0.3 is 19.7 Å². The lowest BCUT2D eigenvalue weighted by molar-refractivity contribution is 0.122. The highest BCUT2D eigenvalue weighted by Crippen LogP contribution is 2.46. The second-order valence-electron chi connectivity index (χ2n) is 10.2. The van der Waals surface area contributed by atoms with E-state index in [1.54, 1.807) is 24.8 Å². The number of rotatable bonds is 5. The van der Waals surface area contributed by atoms with E-state index in [4.69, 9.17) is 19.4 Å². The Labute approximate surface area is 209 Å². The number of hydrogen-bond donors (Lipinski definition) is 1. The molecule has 6 rings (SSSR count). The van der Waals surface area contributed by atoms with Gasteiger partial charge in [-0.1, -0.05) is 32.0 Å². The van der Waals surface area contributed by atoms with Gasteiger partial charge in [0, 0.05) is 30.6 Å². The summed E-state index contributed by atoms with van der Waals surface area (Å²) in [6.07, 6.45) is 4.94. The van der Waals surface area contributed by atoms with Crippen molar-refractivity contribution in [2.45, 2.75) is 39.7 Å². The number of thiophene rings is 1. The summed E-state index contributed by atoms with van der Waals surface area (Å²) in [6.45, 7) is 8.68. The SMILES string of the molecule is COc1ccccc1CNc1ncnc2c1sc1nc(N3CCOCC3)c3c(c12)CC(C)(C)CC3. The fourth-order valence-corrected chi connectivity index (χ4v) is 6.50. The van der Waals surface area contributed by atoms with Gasteiger partial charge in [-0.3, -0.25) is 0 Å². The Morgan fingerprint density at radius 1 is 1.14 bits per heavy atom. The van der Waals surface area contributed by atoms with Crippen molar-refractivity contribution in [2.24, 2.45) is 5.41 Å². The fraction of sp³-hybridized carbons (Fsp3) is 0.444. The molecule has 0 saturated carbocycles. The molecule has 0 amide bonds. The number of nitrogens with zero attached hydrogens (tertiary/aromatic N) is 4. The van der Waals surface area contributed by atoms with Gasteiger partial charge >= 0.3 is 0 Å². The lowest BCUT2D eigenvalue weighted by Gasteiger charge is -2.36. The molecule has 7 nitrogen and oxygen atoms in total. The third kappa shape index (κ3) is 4.08. The van der Waals surface area contributed by atoms with Gasteiger partial charge in [0.25, 0.3) is 0 Å². The fourth-order valence-electron chi connectivity index (χ4n) is 5.38. The third-order valence-corrected chi connectivity index (χ3v) is 8.33. The van der Waals surface area contributed by atoms with E-state index in [1.807, 2.05) is 18.2 Å². The van der Waals surface area contributed by atoms with Crippen molar-refractivity contribution in [3.63, 3.8) is 0 Å². The number of anilines is 2. The Bertz CT molecular complexity index is 1390. The zero-order valence-corrected chi connectivity index (χ0v) is 21.4. The number of aromatic nitrogens is 3. The average Bonchev–Trinajstić information content (AvgIpc) is 3.26. The summed E-state index contributed by atoms with van der Waals surface area (Å²) < 4.78 is 12.2. The van der Waals surface area contributed by atoms with Crippen LogP contribution in [0.5, 0.6) is 5.75 Å². The minimum atomic E-state index is 0.260. The van der Waals surface area contributed by atoms with Crippen molar-refractivity contribution in [3.05, 3.63) is 47.3 Å². The molecule has 3 aromatic heterocycles. The number of para-hydroxylation sites is 1. The monoisotopic (exact) mass is 489 g/mol. The molecule has 1 N–H and O–H groups in total. The highest BCUT2D eigenvalue weighted by molar-refractivity contribution is 7.26. The number of ether oxygens (including phenoxy) is 2. The van der Waals surface area contributed by atoms with Crippen LogP contribution in [0.25, 0.3) is 20.4 Å². The van der Waals surface area contributed by atoms with E-state index in [0.717, 1.165) is 77.1 Å². The zero-order valence-electron chi connectivity index (χ0n) is 20.6. The summed E-state index contributed by atoms with van der Waals surface area (Å²) in [5.74, 6) is 2.87. The van der Waals surface area contributed by atoms with Crippen LogP contribution in [0.4, 0.5) is 11.6 Å². The first kappa shape index (κ1) is 22.5. The van der Waals surface area contributed by atoms with E-state index in [0.29, 0.717) is 6.54 Å². The molecular formula is C27H31N5O2S. The highest BCUT2D eigenvalue weighted by atomic mass is 32.1. The molecule has 2 aliphatic rings. The van der Waals surface area contributed by atoms with Crippen molar-refractivity contribution >= 4 is 43.4 Å². The largest absolute Gasteiger partial charge is 0.496 e. The summed E-state index contributed by atoms with van der Waals surface area (Å²) in [6, 6.07) is 8.07. The van der Waals surface area contributed by atoms with Crippen LogP contribution in [-0.4, -0.2) is 48.4 Å². The predicted octanol–water partition coefficient (Wildman–Crippen LogP) is 5.21. The van der Waals surface area contributed by atoms with Crippen molar-refractivity contribution in [1.29, 1.82) is 0 Å². The Morgan fingerprint density at radius 2 is 1.97 bits per heavy atom. The number of hydrogen-bond acceptors (Lipinski definition) is 8. The minimum Gasteiger partial charge on any atom is -0.496 e. The number of morpholine rings is 1. The van der Waals surface area contributed by atoms with Crippen LogP contribution in [0.1, 0.15) is 37.0 Å². The Morgan fingerprint density at radius 3 is 2.80 bits per heavy atom. The molecule has 182 valence electrons. The van der Waals surface area contributed by atoms with Crippen molar-refractivity contribution < 1.29 is 9.47 Å². The first-order valence-corrected chi connectivity index (χ1v) is 13.1. The van der Waals surface area contributed by atoms with Crippen LogP contribution in [0.15, 0.2) is 30.6 Å². The average molecular weight is 490 g/mol. The van der Waals surface area contributed by atoms with Gasteiger partial charge in [0.05, 0.1) is 30.5 Å². The molecule has 4 aromatic rings. The van der Waals surface area contributed by atoms with Crippen molar-refractivity contribution in [1.82, 2.24) is 15.0 Å². The first-order valence-electron chi connectivity index (χ1n) is 12.3. The lowest BCUT2D eigenvalue weighted by Crippen LogP contribution is -2.38. The molecule has 1 aromatic carbocycles. The minimum absolute atomic E-state index is 0.260. The van der Waals surface area contributed by atoms with Crippen LogP contribution in [0.3, 0.4) is 0 Å². The zero-order chi connectivity index (χ0) is 24.0. The summed E-state index contributed by atoms with van der Waals surface area (Å²) in [7, 11) is 1.70. The van der Waals surface area contributed by atoms with Gasteiger partial charge in [-0.25, -0.2) is 15.0 Å². The van der Waals surface area contributed by atoms with E-state index < -0.39 is 0 Å². The second kappa shape index (κ2) is 8.91. The van der Waals surface area contributed by atoms with Gasteiger partial charge in [0.2, 0.25) is 0 Å². The normalized spacial score (nSPS) is 17.5. The quantitative estimate of drug-likeness (QED) is 0.412. The molecule has 1 saturated heterocycles. The molecule has 0 unspecified atom stereocenters. The summed E-state index contributed by atoms with van der Waals surface area (Å²) in [5, 5.41) is 4.75. The summed E-state index contributed by atoms with van der Waals surface area (Å²) in [4.78, 5) is 18.1. The van der Waals surface area contributed by atoms with Gasteiger partial charge in [0.1, 0.15) is 28.5 Å². The molecule has 1 fully saturated rings. The standard InChI is InChI=1S/C27H31N5O2S/c1-27(2)9-8-18-19(14-27)21-22-23(35-26(21)31-25(18)32-10-12-34-13-11-32)24(30-16-29-22)28-15-17-6-4-5-7-20(17)33-3/h4-7,16H,8-15H2,1-3H3,(H,28,29,30). The topological polar surface area (TPSA) is 72.4 Å². The molecule has 0 spiro atoms. The Balaban J connectivity index is 1.47. The molecular weight excluding hydrogens is 458 g/mol. The molecule has 35 heavy (non-hydrogen) atoms. The molecule has 4 heterocycles. The smallest absolute Gasteiger partial charge is 0.147 e. The molecule has 0 radical (unpaired) electrons. The van der Waals surface area contributed by atoms with Gasteiger partial charge in [-0.15, -0.1) is 11.3 Å². The molecule has 1 aliphatic heterocycles. The van der Waals surface area contributed by atoms with Gasteiger partial charge in [-0.05, 0) is 41.9 Å². The van der Waals surface area contributed by atoms with Crippen molar-refractivity contribution in [3.8, 4) is 5.75 Å². The number of pyridine rings is 1. The molecule has 1 aliphatic carbocycles. The van der Waals surface area contributed by atoms with Gasteiger partial charge in [0.15, 0.2) is 0 Å². The van der Waals surface area contributed by atoms with E-state index in [-0.39, 0.29) is 5.41 Å². The van der Waals surface area contributed by atoms with E-state index in [9.17, 15) is 0 Å². The predicted molar refractivity (Wildman–Crippen MR) is 142 cm³/mol. The maximum Gasteiger partial charge on any atom is 0.147 e. The molecule has 0 atom stereocenters. The number of nitrogens with one attached hydrogen (secondary N) is 1. The number of benzene rings is 1. The number of fused-ring (bicyclic) bond motifs is 5. The Kier molecular flexibility index (Phi) is 5.73. The maximum absolute atomic E-state index is 5.63. The van der Waals surface area contributed by atoms with E-state index >= 15 is 0 Å². The van der Waals surface area contributed by atoms with Crippen LogP contribution in [-0.2, 0) is 24.1 Å². The second-order valence-corrected chi connectivity index (χ2v) is 11.2. The van der Waals surface area contributed by atoms with Gasteiger partial charge in [-0.2, -0.15) is 0 Å². The number of methoxy groups -OCH3 is 1. The lowest BCUT2D eigenvalue weighted by atomic mass is 9.73. The van der Waals surface area contributed by atoms with Crippen LogP contribution in [0, 0.1) is 5.41 Å². The third-order valence-electron chi connectivity index (χ3n) is 7.25. The van der Waals surface area contributed by atoms with E-state index in [1.165, 1.54) is 22.9 Å². The molecule has 8 heteroatoms. The van der Waals surface area contributed by atoms with Crippen LogP contribution in [0.2, 0.25) is 0 Å². The van der Waals surface area contributed by atoms with Crippen LogP contribution >= 0.6 is 11.3 Å². The first-order chi connectivity index (χ1) is 17.0. The van der Waals surface area contributed by atoms with E-state index in [2.05, 4.69) is 35.1 Å². The van der Waals surface area contributed by atoms with Crippen molar-refractivity contribution in [2.75, 3.05) is 43.6 Å². The summed E-state index contributed by atoms with van der Waals surface area (Å²) in [5.41, 5.74) is 5.19. The Hall–Kier alpha value is -2.97. The summed E-state index contributed by atoms with van der Waals surface area (Å²) >= 11 is 1.70. The molecule has 0 bridgehead atoms.